The van der Waals surface area contributed by atoms with Gasteiger partial charge in [0.2, 0.25) is 5.91 Å². The maximum Gasteiger partial charge on any atom is 0.239 e. The van der Waals surface area contributed by atoms with E-state index in [1.165, 1.54) is 0 Å². The minimum atomic E-state index is -0.224. The first-order valence-corrected chi connectivity index (χ1v) is 4.99. The topological polar surface area (TPSA) is 29.1 Å². The summed E-state index contributed by atoms with van der Waals surface area (Å²) < 4.78 is 0. The number of anilines is 1. The van der Waals surface area contributed by atoms with Crippen molar-refractivity contribution in [3.05, 3.63) is 42.5 Å². The van der Waals surface area contributed by atoms with Crippen LogP contribution in [0.5, 0.6) is 0 Å². The van der Waals surface area contributed by atoms with E-state index in [9.17, 15) is 4.79 Å². The highest BCUT2D eigenvalue weighted by atomic mass is 35.5. The van der Waals surface area contributed by atoms with E-state index in [2.05, 4.69) is 18.5 Å². The smallest absolute Gasteiger partial charge is 0.239 e. The van der Waals surface area contributed by atoms with Gasteiger partial charge in [0.05, 0.1) is 0 Å². The third kappa shape index (κ3) is 2.96. The van der Waals surface area contributed by atoms with E-state index in [4.69, 9.17) is 11.6 Å². The zero-order valence-electron chi connectivity index (χ0n) is 8.29. The summed E-state index contributed by atoms with van der Waals surface area (Å²) in [7, 11) is 0. The molecule has 15 heavy (non-hydrogen) atoms. The van der Waals surface area contributed by atoms with Gasteiger partial charge in [-0.15, -0.1) is 11.6 Å². The molecule has 0 bridgehead atoms. The quantitative estimate of drug-likeness (QED) is 0.778. The van der Waals surface area contributed by atoms with Gasteiger partial charge in [-0.1, -0.05) is 31.4 Å². The monoisotopic (exact) mass is 221 g/mol. The molecule has 3 heteroatoms. The van der Waals surface area contributed by atoms with Gasteiger partial charge < -0.3 is 5.32 Å². The predicted molar refractivity (Wildman–Crippen MR) is 66.0 cm³/mol. The van der Waals surface area contributed by atoms with Crippen molar-refractivity contribution in [1.82, 2.24) is 0 Å². The summed E-state index contributed by atoms with van der Waals surface area (Å²) in [5.74, 6) is -0.273. The molecule has 0 atom stereocenters. The highest BCUT2D eigenvalue weighted by Gasteiger charge is 2.02. The average Bonchev–Trinajstić information content (AvgIpc) is 2.28. The van der Waals surface area contributed by atoms with E-state index in [1.54, 1.807) is 18.2 Å². The minimum absolute atomic E-state index is 0.0490. The van der Waals surface area contributed by atoms with Crippen molar-refractivity contribution < 1.29 is 4.79 Å². The molecule has 0 aliphatic heterocycles. The Balaban J connectivity index is 2.97. The number of hydrogen-bond donors (Lipinski definition) is 1. The summed E-state index contributed by atoms with van der Waals surface area (Å²) in [5, 5.41) is 2.66. The van der Waals surface area contributed by atoms with Crippen LogP contribution in [0.1, 0.15) is 11.1 Å². The fourth-order valence-electron chi connectivity index (χ4n) is 1.21. The van der Waals surface area contributed by atoms with Gasteiger partial charge in [-0.25, -0.2) is 0 Å². The van der Waals surface area contributed by atoms with Crippen LogP contribution in [0.3, 0.4) is 0 Å². The van der Waals surface area contributed by atoms with Gasteiger partial charge in [0, 0.05) is 5.69 Å². The number of hydrogen-bond acceptors (Lipinski definition) is 1. The van der Waals surface area contributed by atoms with Crippen LogP contribution >= 0.6 is 11.6 Å². The molecule has 1 rings (SSSR count). The van der Waals surface area contributed by atoms with Gasteiger partial charge in [0.15, 0.2) is 0 Å². The standard InChI is InChI=1S/C12H12ClNO/c1-3-9-5-6-11(7-10(9)4-2)14-12(15)8-13/h3-7H,1-2,8H2,(H,14,15). The van der Waals surface area contributed by atoms with Crippen LogP contribution in [0.15, 0.2) is 31.4 Å². The molecule has 1 N–H and O–H groups in total. The van der Waals surface area contributed by atoms with Crippen molar-refractivity contribution in [3.63, 3.8) is 0 Å². The molecule has 0 fully saturated rings. The lowest BCUT2D eigenvalue weighted by Gasteiger charge is -2.06. The summed E-state index contributed by atoms with van der Waals surface area (Å²) in [5.41, 5.74) is 2.62. The number of benzene rings is 1. The maximum atomic E-state index is 11.0. The Morgan fingerprint density at radius 1 is 1.33 bits per heavy atom. The van der Waals surface area contributed by atoms with Crippen LogP contribution in [-0.2, 0) is 4.79 Å². The zero-order valence-corrected chi connectivity index (χ0v) is 9.05. The van der Waals surface area contributed by atoms with Gasteiger partial charge in [-0.2, -0.15) is 0 Å². The minimum Gasteiger partial charge on any atom is -0.325 e. The van der Waals surface area contributed by atoms with Gasteiger partial charge in [-0.3, -0.25) is 4.79 Å². The molecule has 1 aromatic rings. The molecule has 0 aliphatic rings. The maximum absolute atomic E-state index is 11.0. The van der Waals surface area contributed by atoms with E-state index < -0.39 is 0 Å². The van der Waals surface area contributed by atoms with Crippen LogP contribution in [0.2, 0.25) is 0 Å². The van der Waals surface area contributed by atoms with E-state index in [-0.39, 0.29) is 11.8 Å². The third-order valence-electron chi connectivity index (χ3n) is 1.93. The molecule has 0 saturated carbocycles. The second kappa shape index (κ2) is 5.37. The number of amides is 1. The summed E-state index contributed by atoms with van der Waals surface area (Å²) in [4.78, 5) is 11.0. The molecule has 2 nitrogen and oxygen atoms in total. The number of carbonyl (C=O) groups is 1. The lowest BCUT2D eigenvalue weighted by Crippen LogP contribution is -2.12. The van der Waals surface area contributed by atoms with Crippen LogP contribution < -0.4 is 5.32 Å². The van der Waals surface area contributed by atoms with Gasteiger partial charge in [0.25, 0.3) is 0 Å². The van der Waals surface area contributed by atoms with Crippen LogP contribution in [0, 0.1) is 0 Å². The Bertz CT molecular complexity index is 399. The van der Waals surface area contributed by atoms with Gasteiger partial charge >= 0.3 is 0 Å². The Hall–Kier alpha value is -1.54. The number of carbonyl (C=O) groups excluding carboxylic acids is 1. The van der Waals surface area contributed by atoms with E-state index >= 15 is 0 Å². The lowest BCUT2D eigenvalue weighted by atomic mass is 10.1. The molecule has 0 unspecified atom stereocenters. The molecule has 0 saturated heterocycles. The third-order valence-corrected chi connectivity index (χ3v) is 2.17. The summed E-state index contributed by atoms with van der Waals surface area (Å²) in [6.07, 6.45) is 3.46. The van der Waals surface area contributed by atoms with E-state index in [0.29, 0.717) is 5.69 Å². The first kappa shape index (κ1) is 11.5. The summed E-state index contributed by atoms with van der Waals surface area (Å²) >= 11 is 5.39. The molecule has 1 aromatic carbocycles. The van der Waals surface area contributed by atoms with E-state index in [1.807, 2.05) is 12.1 Å². The number of rotatable bonds is 4. The fraction of sp³-hybridized carbons (Fsp3) is 0.0833. The lowest BCUT2D eigenvalue weighted by molar-refractivity contribution is -0.113. The molecule has 1 amide bonds. The van der Waals surface area contributed by atoms with Crippen LogP contribution in [0.4, 0.5) is 5.69 Å². The molecule has 0 aromatic heterocycles. The predicted octanol–water partition coefficient (Wildman–Crippen LogP) is 3.15. The van der Waals surface area contributed by atoms with Crippen LogP contribution in [-0.4, -0.2) is 11.8 Å². The Kier molecular flexibility index (Phi) is 4.13. The molecular weight excluding hydrogens is 210 g/mol. The molecule has 0 radical (unpaired) electrons. The molecule has 0 heterocycles. The molecular formula is C12H12ClNO. The zero-order chi connectivity index (χ0) is 11.3. The fourth-order valence-corrected chi connectivity index (χ4v) is 1.28. The van der Waals surface area contributed by atoms with Crippen molar-refractivity contribution >= 4 is 35.3 Å². The molecule has 0 spiro atoms. The average molecular weight is 222 g/mol. The highest BCUT2D eigenvalue weighted by molar-refractivity contribution is 6.29. The first-order valence-electron chi connectivity index (χ1n) is 4.46. The SMILES string of the molecule is C=Cc1ccc(NC(=O)CCl)cc1C=C. The van der Waals surface area contributed by atoms with Gasteiger partial charge in [0.1, 0.15) is 5.88 Å². The Morgan fingerprint density at radius 2 is 2.00 bits per heavy atom. The largest absolute Gasteiger partial charge is 0.325 e. The summed E-state index contributed by atoms with van der Waals surface area (Å²) in [6, 6.07) is 5.50. The second-order valence-electron chi connectivity index (χ2n) is 2.93. The Morgan fingerprint density at radius 3 is 2.53 bits per heavy atom. The van der Waals surface area contributed by atoms with Crippen LogP contribution in [0.25, 0.3) is 12.2 Å². The molecule has 0 aliphatic carbocycles. The first-order chi connectivity index (χ1) is 7.21. The number of alkyl halides is 1. The Labute approximate surface area is 94.3 Å². The van der Waals surface area contributed by atoms with Crippen molar-refractivity contribution in [1.29, 1.82) is 0 Å². The van der Waals surface area contributed by atoms with Crippen molar-refractivity contribution in [3.8, 4) is 0 Å². The summed E-state index contributed by atoms with van der Waals surface area (Å²) in [6.45, 7) is 7.38. The second-order valence-corrected chi connectivity index (χ2v) is 3.20. The van der Waals surface area contributed by atoms with Crippen molar-refractivity contribution in [2.45, 2.75) is 0 Å². The highest BCUT2D eigenvalue weighted by Crippen LogP contribution is 2.18. The number of halogens is 1. The van der Waals surface area contributed by atoms with E-state index in [0.717, 1.165) is 11.1 Å². The number of nitrogens with one attached hydrogen (secondary N) is 1. The molecule has 78 valence electrons. The normalized spacial score (nSPS) is 9.40. The van der Waals surface area contributed by atoms with Gasteiger partial charge in [-0.05, 0) is 23.3 Å². The van der Waals surface area contributed by atoms with Crippen molar-refractivity contribution in [2.75, 3.05) is 11.2 Å². The van der Waals surface area contributed by atoms with Crippen molar-refractivity contribution in [2.24, 2.45) is 0 Å².